The molecule has 1 aromatic heterocycles. The molecule has 3 rings (SSSR count). The number of non-ortho nitro benzene ring substituents is 1. The maximum absolute atomic E-state index is 12.2. The van der Waals surface area contributed by atoms with Gasteiger partial charge in [0.15, 0.2) is 0 Å². The fourth-order valence-corrected chi connectivity index (χ4v) is 2.68. The van der Waals surface area contributed by atoms with Gasteiger partial charge >= 0.3 is 11.6 Å². The third-order valence-electron chi connectivity index (χ3n) is 4.09. The van der Waals surface area contributed by atoms with Crippen molar-refractivity contribution in [2.24, 2.45) is 0 Å². The maximum Gasteiger partial charge on any atom is 0.351 e. The Morgan fingerprint density at radius 3 is 2.71 bits per heavy atom. The van der Waals surface area contributed by atoms with Crippen LogP contribution in [-0.4, -0.2) is 42.0 Å². The molecule has 0 unspecified atom stereocenters. The van der Waals surface area contributed by atoms with Crippen LogP contribution >= 0.6 is 0 Å². The maximum atomic E-state index is 12.2. The van der Waals surface area contributed by atoms with E-state index in [1.54, 1.807) is 0 Å². The minimum atomic E-state index is -0.811. The van der Waals surface area contributed by atoms with E-state index in [-0.39, 0.29) is 22.9 Å². The Balaban J connectivity index is 1.87. The van der Waals surface area contributed by atoms with Crippen LogP contribution in [0.2, 0.25) is 0 Å². The van der Waals surface area contributed by atoms with Gasteiger partial charge in [-0.1, -0.05) is 0 Å². The Labute approximate surface area is 136 Å². The summed E-state index contributed by atoms with van der Waals surface area (Å²) in [5, 5.41) is 11.1. The molecule has 1 fully saturated rings. The molecule has 0 amide bonds. The molecule has 1 aromatic carbocycles. The number of carbonyl (C=O) groups excluding carboxylic acids is 1. The highest BCUT2D eigenvalue weighted by molar-refractivity contribution is 5.93. The van der Waals surface area contributed by atoms with Crippen molar-refractivity contribution in [2.75, 3.05) is 20.1 Å². The van der Waals surface area contributed by atoms with Gasteiger partial charge in [0, 0.05) is 30.6 Å². The lowest BCUT2D eigenvalue weighted by Gasteiger charge is -2.28. The van der Waals surface area contributed by atoms with Gasteiger partial charge in [0.2, 0.25) is 0 Å². The first-order chi connectivity index (χ1) is 11.4. The number of ether oxygens (including phenoxy) is 1. The number of benzene rings is 1. The van der Waals surface area contributed by atoms with E-state index in [1.165, 1.54) is 24.3 Å². The summed E-state index contributed by atoms with van der Waals surface area (Å²) in [6.07, 6.45) is 1.16. The molecule has 0 atom stereocenters. The van der Waals surface area contributed by atoms with E-state index in [2.05, 4.69) is 4.90 Å². The molecule has 2 aromatic rings. The van der Waals surface area contributed by atoms with Crippen molar-refractivity contribution in [3.8, 4) is 0 Å². The molecule has 126 valence electrons. The second kappa shape index (κ2) is 6.40. The number of esters is 1. The van der Waals surface area contributed by atoms with Gasteiger partial charge in [-0.2, -0.15) is 0 Å². The summed E-state index contributed by atoms with van der Waals surface area (Å²) in [6, 6.07) is 5.11. The summed E-state index contributed by atoms with van der Waals surface area (Å²) in [4.78, 5) is 36.6. The lowest BCUT2D eigenvalue weighted by Crippen LogP contribution is -2.35. The van der Waals surface area contributed by atoms with Crippen molar-refractivity contribution in [2.45, 2.75) is 18.9 Å². The van der Waals surface area contributed by atoms with Gasteiger partial charge in [0.1, 0.15) is 17.3 Å². The zero-order valence-electron chi connectivity index (χ0n) is 13.1. The summed E-state index contributed by atoms with van der Waals surface area (Å²) < 4.78 is 10.4. The molecule has 24 heavy (non-hydrogen) atoms. The summed E-state index contributed by atoms with van der Waals surface area (Å²) in [5.74, 6) is -0.758. The largest absolute Gasteiger partial charge is 0.458 e. The number of nitro benzene ring substituents is 1. The van der Waals surface area contributed by atoms with Crippen LogP contribution in [0.25, 0.3) is 11.0 Å². The molecule has 0 bridgehead atoms. The van der Waals surface area contributed by atoms with Gasteiger partial charge in [-0.3, -0.25) is 10.1 Å². The number of nitro groups is 1. The topological polar surface area (TPSA) is 103 Å². The fourth-order valence-electron chi connectivity index (χ4n) is 2.68. The van der Waals surface area contributed by atoms with Crippen molar-refractivity contribution < 1.29 is 18.9 Å². The van der Waals surface area contributed by atoms with Crippen molar-refractivity contribution in [1.29, 1.82) is 0 Å². The van der Waals surface area contributed by atoms with Crippen LogP contribution in [0.5, 0.6) is 0 Å². The number of fused-ring (bicyclic) bond motifs is 1. The monoisotopic (exact) mass is 332 g/mol. The second-order valence-corrected chi connectivity index (χ2v) is 5.83. The number of carbonyl (C=O) groups is 1. The number of hydrogen-bond donors (Lipinski definition) is 0. The van der Waals surface area contributed by atoms with Crippen molar-refractivity contribution in [3.63, 3.8) is 0 Å². The zero-order valence-corrected chi connectivity index (χ0v) is 13.1. The van der Waals surface area contributed by atoms with E-state index in [9.17, 15) is 19.7 Å². The van der Waals surface area contributed by atoms with Crippen LogP contribution in [0.4, 0.5) is 5.69 Å². The highest BCUT2D eigenvalue weighted by Crippen LogP contribution is 2.21. The SMILES string of the molecule is CN1CCC(OC(=O)c2cc3cc([N+](=O)[O-])ccc3oc2=O)CC1. The van der Waals surface area contributed by atoms with Crippen LogP contribution in [0.3, 0.4) is 0 Å². The number of piperidine rings is 1. The molecule has 2 heterocycles. The van der Waals surface area contributed by atoms with Gasteiger partial charge in [0.25, 0.3) is 5.69 Å². The standard InChI is InChI=1S/C16H16N2O6/c1-17-6-4-12(5-7-17)23-15(19)13-9-10-8-11(18(21)22)2-3-14(10)24-16(13)20/h2-3,8-9,12H,4-7H2,1H3. The summed E-state index contributed by atoms with van der Waals surface area (Å²) >= 11 is 0. The smallest absolute Gasteiger partial charge is 0.351 e. The van der Waals surface area contributed by atoms with Gasteiger partial charge in [-0.15, -0.1) is 0 Å². The van der Waals surface area contributed by atoms with E-state index >= 15 is 0 Å². The van der Waals surface area contributed by atoms with Crippen molar-refractivity contribution in [1.82, 2.24) is 4.90 Å². The minimum absolute atomic E-state index is 0.147. The highest BCUT2D eigenvalue weighted by atomic mass is 16.6. The van der Waals surface area contributed by atoms with E-state index in [0.717, 1.165) is 13.1 Å². The first-order valence-electron chi connectivity index (χ1n) is 7.56. The Hall–Kier alpha value is -2.74. The van der Waals surface area contributed by atoms with Crippen LogP contribution in [0, 0.1) is 10.1 Å². The summed E-state index contributed by atoms with van der Waals surface area (Å²) in [6.45, 7) is 1.63. The fraction of sp³-hybridized carbons (Fsp3) is 0.375. The zero-order chi connectivity index (χ0) is 17.3. The molecule has 8 heteroatoms. The molecule has 1 saturated heterocycles. The van der Waals surface area contributed by atoms with Crippen LogP contribution in [0.15, 0.2) is 33.5 Å². The Morgan fingerprint density at radius 1 is 1.33 bits per heavy atom. The number of likely N-dealkylation sites (tertiary alicyclic amines) is 1. The number of nitrogens with zero attached hydrogens (tertiary/aromatic N) is 2. The van der Waals surface area contributed by atoms with E-state index < -0.39 is 16.5 Å². The molecule has 0 aliphatic carbocycles. The molecule has 0 spiro atoms. The molecule has 0 N–H and O–H groups in total. The van der Waals surface area contributed by atoms with Crippen LogP contribution < -0.4 is 5.63 Å². The second-order valence-electron chi connectivity index (χ2n) is 5.83. The first-order valence-corrected chi connectivity index (χ1v) is 7.56. The van der Waals surface area contributed by atoms with Gasteiger partial charge in [0.05, 0.1) is 4.92 Å². The molecule has 1 aliphatic heterocycles. The molecular formula is C16H16N2O6. The lowest BCUT2D eigenvalue weighted by atomic mass is 10.1. The van der Waals surface area contributed by atoms with Gasteiger partial charge in [-0.05, 0) is 32.0 Å². The molecule has 1 aliphatic rings. The summed E-state index contributed by atoms with van der Waals surface area (Å²) in [7, 11) is 1.99. The quantitative estimate of drug-likeness (QED) is 0.366. The number of hydrogen-bond acceptors (Lipinski definition) is 7. The van der Waals surface area contributed by atoms with Crippen LogP contribution in [-0.2, 0) is 4.74 Å². The average Bonchev–Trinajstić information content (AvgIpc) is 2.55. The van der Waals surface area contributed by atoms with Gasteiger partial charge in [-0.25, -0.2) is 9.59 Å². The predicted octanol–water partition coefficient (Wildman–Crippen LogP) is 1.95. The molecular weight excluding hydrogens is 316 g/mol. The lowest BCUT2D eigenvalue weighted by molar-refractivity contribution is -0.384. The van der Waals surface area contributed by atoms with E-state index in [1.807, 2.05) is 7.05 Å². The first kappa shape index (κ1) is 16.1. The van der Waals surface area contributed by atoms with E-state index in [0.29, 0.717) is 18.2 Å². The average molecular weight is 332 g/mol. The Bertz CT molecular complexity index is 851. The Kier molecular flexibility index (Phi) is 4.30. The predicted molar refractivity (Wildman–Crippen MR) is 85.1 cm³/mol. The molecule has 0 radical (unpaired) electrons. The molecule has 8 nitrogen and oxygen atoms in total. The van der Waals surface area contributed by atoms with E-state index in [4.69, 9.17) is 9.15 Å². The van der Waals surface area contributed by atoms with Crippen molar-refractivity contribution in [3.05, 3.63) is 50.4 Å². The van der Waals surface area contributed by atoms with Crippen molar-refractivity contribution >= 4 is 22.6 Å². The third-order valence-corrected chi connectivity index (χ3v) is 4.09. The highest BCUT2D eigenvalue weighted by Gasteiger charge is 2.23. The van der Waals surface area contributed by atoms with Crippen LogP contribution in [0.1, 0.15) is 23.2 Å². The Morgan fingerprint density at radius 2 is 2.04 bits per heavy atom. The number of rotatable bonds is 3. The van der Waals surface area contributed by atoms with Gasteiger partial charge < -0.3 is 14.1 Å². The third kappa shape index (κ3) is 3.28. The normalized spacial score (nSPS) is 16.2. The minimum Gasteiger partial charge on any atom is -0.458 e. The summed E-state index contributed by atoms with van der Waals surface area (Å²) in [5.41, 5.74) is -1.02. The molecule has 0 saturated carbocycles.